The lowest BCUT2D eigenvalue weighted by Crippen LogP contribution is -2.54. The molecule has 0 bridgehead atoms. The number of ether oxygens (including phenoxy) is 1. The number of amides is 2. The van der Waals surface area contributed by atoms with Gasteiger partial charge in [-0.25, -0.2) is 4.79 Å². The topological polar surface area (TPSA) is 93.5 Å². The molecule has 1 aromatic carbocycles. The number of urea groups is 1. The Morgan fingerprint density at radius 3 is 2.77 bits per heavy atom. The summed E-state index contributed by atoms with van der Waals surface area (Å²) in [4.78, 5) is 22.9. The SMILES string of the molecule is CC=C1NC(=O)N[C@@H](c2ccccc2OCCC)[C@@H]1[N+](=O)[O-]. The van der Waals surface area contributed by atoms with Gasteiger partial charge in [0.05, 0.1) is 12.3 Å². The molecule has 1 fully saturated rings. The third-order valence-electron chi connectivity index (χ3n) is 3.43. The highest BCUT2D eigenvalue weighted by atomic mass is 16.6. The van der Waals surface area contributed by atoms with Gasteiger partial charge in [0.1, 0.15) is 11.8 Å². The molecule has 1 aliphatic heterocycles. The third-order valence-corrected chi connectivity index (χ3v) is 3.43. The van der Waals surface area contributed by atoms with E-state index in [9.17, 15) is 14.9 Å². The number of allylic oxidation sites excluding steroid dienone is 1. The number of hydrogen-bond donors (Lipinski definition) is 2. The van der Waals surface area contributed by atoms with Crippen molar-refractivity contribution in [3.63, 3.8) is 0 Å². The molecule has 0 spiro atoms. The van der Waals surface area contributed by atoms with Crippen LogP contribution in [0.5, 0.6) is 5.75 Å². The maximum atomic E-state index is 11.8. The molecule has 0 aliphatic carbocycles. The number of carbonyl (C=O) groups excluding carboxylic acids is 1. The number of carbonyl (C=O) groups is 1. The fraction of sp³-hybridized carbons (Fsp3) is 0.400. The molecule has 1 aromatic rings. The average Bonchev–Trinajstić information content (AvgIpc) is 2.51. The molecule has 2 amide bonds. The van der Waals surface area contributed by atoms with Crippen molar-refractivity contribution in [3.05, 3.63) is 51.7 Å². The maximum Gasteiger partial charge on any atom is 0.319 e. The van der Waals surface area contributed by atoms with E-state index in [-0.39, 0.29) is 5.70 Å². The summed E-state index contributed by atoms with van der Waals surface area (Å²) in [6.07, 6.45) is 2.38. The first kappa shape index (κ1) is 15.8. The van der Waals surface area contributed by atoms with Crippen molar-refractivity contribution in [2.24, 2.45) is 0 Å². The molecule has 1 saturated heterocycles. The standard InChI is InChI=1S/C15H19N3O4/c1-3-9-22-12-8-6-5-7-10(12)13-14(18(20)21)11(4-2)16-15(19)17-13/h4-8,13-14H,3,9H2,1-2H3,(H2,16,17,19)/t13-,14+/m0/s1. The smallest absolute Gasteiger partial charge is 0.319 e. The fourth-order valence-corrected chi connectivity index (χ4v) is 2.45. The lowest BCUT2D eigenvalue weighted by molar-refractivity contribution is -0.518. The summed E-state index contributed by atoms with van der Waals surface area (Å²) >= 11 is 0. The predicted octanol–water partition coefficient (Wildman–Crippen LogP) is 2.38. The molecule has 118 valence electrons. The van der Waals surface area contributed by atoms with E-state index in [0.29, 0.717) is 17.9 Å². The van der Waals surface area contributed by atoms with Crippen molar-refractivity contribution < 1.29 is 14.5 Å². The number of para-hydroxylation sites is 1. The zero-order chi connectivity index (χ0) is 16.1. The molecule has 0 saturated carbocycles. The van der Waals surface area contributed by atoms with Crippen LogP contribution in [0.1, 0.15) is 31.9 Å². The van der Waals surface area contributed by atoms with E-state index < -0.39 is 23.0 Å². The van der Waals surface area contributed by atoms with Crippen LogP contribution in [0.2, 0.25) is 0 Å². The second-order valence-corrected chi connectivity index (χ2v) is 4.94. The molecule has 7 heteroatoms. The molecule has 2 atom stereocenters. The zero-order valence-electron chi connectivity index (χ0n) is 12.5. The lowest BCUT2D eigenvalue weighted by Gasteiger charge is -2.30. The Morgan fingerprint density at radius 1 is 1.41 bits per heavy atom. The van der Waals surface area contributed by atoms with Gasteiger partial charge in [0.2, 0.25) is 0 Å². The summed E-state index contributed by atoms with van der Waals surface area (Å²) < 4.78 is 5.66. The van der Waals surface area contributed by atoms with Crippen molar-refractivity contribution in [1.82, 2.24) is 10.6 Å². The molecule has 1 heterocycles. The van der Waals surface area contributed by atoms with Gasteiger partial charge in [-0.2, -0.15) is 0 Å². The monoisotopic (exact) mass is 305 g/mol. The highest BCUT2D eigenvalue weighted by Crippen LogP contribution is 2.32. The highest BCUT2D eigenvalue weighted by molar-refractivity contribution is 5.78. The first-order valence-electron chi connectivity index (χ1n) is 7.17. The molecule has 2 rings (SSSR count). The van der Waals surface area contributed by atoms with Crippen LogP contribution in [0.15, 0.2) is 36.0 Å². The van der Waals surface area contributed by atoms with Crippen LogP contribution >= 0.6 is 0 Å². The van der Waals surface area contributed by atoms with Gasteiger partial charge in [-0.05, 0) is 19.4 Å². The number of rotatable bonds is 5. The number of nitro groups is 1. The van der Waals surface area contributed by atoms with E-state index >= 15 is 0 Å². The van der Waals surface area contributed by atoms with Crippen molar-refractivity contribution >= 4 is 6.03 Å². The van der Waals surface area contributed by atoms with Crippen molar-refractivity contribution in [2.75, 3.05) is 6.61 Å². The maximum absolute atomic E-state index is 11.8. The summed E-state index contributed by atoms with van der Waals surface area (Å²) in [5.41, 5.74) is 0.885. The van der Waals surface area contributed by atoms with Crippen LogP contribution in [-0.2, 0) is 0 Å². The van der Waals surface area contributed by atoms with E-state index in [4.69, 9.17) is 4.74 Å². The highest BCUT2D eigenvalue weighted by Gasteiger charge is 2.43. The molecule has 0 unspecified atom stereocenters. The predicted molar refractivity (Wildman–Crippen MR) is 81.2 cm³/mol. The van der Waals surface area contributed by atoms with E-state index in [1.165, 1.54) is 0 Å². The Bertz CT molecular complexity index is 600. The molecule has 7 nitrogen and oxygen atoms in total. The number of nitrogens with one attached hydrogen (secondary N) is 2. The molecular formula is C15H19N3O4. The fourth-order valence-electron chi connectivity index (χ4n) is 2.45. The molecule has 2 N–H and O–H groups in total. The number of hydrogen-bond acceptors (Lipinski definition) is 4. The van der Waals surface area contributed by atoms with Crippen LogP contribution in [0, 0.1) is 10.1 Å². The van der Waals surface area contributed by atoms with Gasteiger partial charge in [-0.15, -0.1) is 0 Å². The molecular weight excluding hydrogens is 286 g/mol. The Labute approximate surface area is 128 Å². The number of benzene rings is 1. The second kappa shape index (κ2) is 6.93. The van der Waals surface area contributed by atoms with E-state index in [1.54, 1.807) is 37.3 Å². The summed E-state index contributed by atoms with van der Waals surface area (Å²) in [6.45, 7) is 4.15. The summed E-state index contributed by atoms with van der Waals surface area (Å²) in [7, 11) is 0. The Morgan fingerprint density at radius 2 is 2.14 bits per heavy atom. The van der Waals surface area contributed by atoms with Crippen LogP contribution in [0.25, 0.3) is 0 Å². The Kier molecular flexibility index (Phi) is 4.98. The summed E-state index contributed by atoms with van der Waals surface area (Å²) in [5, 5.41) is 16.6. The van der Waals surface area contributed by atoms with Crippen LogP contribution in [0.4, 0.5) is 4.79 Å². The van der Waals surface area contributed by atoms with Gasteiger partial charge < -0.3 is 15.4 Å². The average molecular weight is 305 g/mol. The van der Waals surface area contributed by atoms with Gasteiger partial charge in [0.25, 0.3) is 6.04 Å². The summed E-state index contributed by atoms with van der Waals surface area (Å²) in [6, 6.07) is 4.76. The van der Waals surface area contributed by atoms with Crippen LogP contribution in [-0.4, -0.2) is 23.6 Å². The van der Waals surface area contributed by atoms with Gasteiger partial charge in [0.15, 0.2) is 0 Å². The van der Waals surface area contributed by atoms with Gasteiger partial charge in [-0.1, -0.05) is 31.2 Å². The first-order chi connectivity index (χ1) is 10.6. The van der Waals surface area contributed by atoms with Crippen LogP contribution in [0.3, 0.4) is 0 Å². The van der Waals surface area contributed by atoms with E-state index in [0.717, 1.165) is 6.42 Å². The third kappa shape index (κ3) is 3.19. The number of nitrogens with zero attached hydrogens (tertiary/aromatic N) is 1. The van der Waals surface area contributed by atoms with Crippen molar-refractivity contribution in [2.45, 2.75) is 32.4 Å². The minimum absolute atomic E-state index is 0.282. The zero-order valence-corrected chi connectivity index (χ0v) is 12.5. The Hall–Kier alpha value is -2.57. The van der Waals surface area contributed by atoms with Gasteiger partial charge >= 0.3 is 6.03 Å². The molecule has 0 aromatic heterocycles. The minimum Gasteiger partial charge on any atom is -0.493 e. The normalized spacial score (nSPS) is 22.8. The molecule has 22 heavy (non-hydrogen) atoms. The van der Waals surface area contributed by atoms with Crippen molar-refractivity contribution in [1.29, 1.82) is 0 Å². The lowest BCUT2D eigenvalue weighted by atomic mass is 9.94. The van der Waals surface area contributed by atoms with Crippen molar-refractivity contribution in [3.8, 4) is 5.75 Å². The van der Waals surface area contributed by atoms with Gasteiger partial charge in [-0.3, -0.25) is 10.1 Å². The van der Waals surface area contributed by atoms with Gasteiger partial charge in [0, 0.05) is 10.5 Å². The largest absolute Gasteiger partial charge is 0.493 e. The quantitative estimate of drug-likeness (QED) is 0.645. The Balaban J connectivity index is 2.43. The van der Waals surface area contributed by atoms with Crippen LogP contribution < -0.4 is 15.4 Å². The first-order valence-corrected chi connectivity index (χ1v) is 7.17. The second-order valence-electron chi connectivity index (χ2n) is 4.94. The minimum atomic E-state index is -1.07. The summed E-state index contributed by atoms with van der Waals surface area (Å²) in [5.74, 6) is 0.554. The van der Waals surface area contributed by atoms with E-state index in [1.807, 2.05) is 6.92 Å². The molecule has 0 radical (unpaired) electrons. The molecule has 1 aliphatic rings. The van der Waals surface area contributed by atoms with E-state index in [2.05, 4.69) is 10.6 Å².